The maximum Gasteiger partial charge on any atom is 0.416 e. The van der Waals surface area contributed by atoms with Crippen molar-refractivity contribution in [3.05, 3.63) is 35.1 Å². The molecule has 2 aliphatic rings. The number of hydrogen-bond donors (Lipinski definition) is 1. The lowest BCUT2D eigenvalue weighted by Crippen LogP contribution is -2.39. The monoisotopic (exact) mass is 290 g/mol. The Bertz CT molecular complexity index is 514. The van der Waals surface area contributed by atoms with E-state index < -0.39 is 23.2 Å². The highest BCUT2D eigenvalue weighted by atomic mass is 19.4. The van der Waals surface area contributed by atoms with Gasteiger partial charge in [0.25, 0.3) is 0 Å². The van der Waals surface area contributed by atoms with Crippen LogP contribution in [0.1, 0.15) is 36.8 Å². The molecule has 2 unspecified atom stereocenters. The Morgan fingerprint density at radius 1 is 1.10 bits per heavy atom. The highest BCUT2D eigenvalue weighted by Crippen LogP contribution is 2.45. The first-order valence-corrected chi connectivity index (χ1v) is 6.52. The van der Waals surface area contributed by atoms with Gasteiger partial charge in [-0.25, -0.2) is 4.39 Å². The van der Waals surface area contributed by atoms with Crippen LogP contribution in [-0.2, 0) is 16.5 Å². The first-order valence-electron chi connectivity index (χ1n) is 6.52. The Kier molecular flexibility index (Phi) is 3.06. The van der Waals surface area contributed by atoms with Gasteiger partial charge < -0.3 is 9.84 Å². The van der Waals surface area contributed by atoms with E-state index in [2.05, 4.69) is 0 Å². The fraction of sp³-hybridized carbons (Fsp3) is 0.571. The number of alkyl halides is 3. The van der Waals surface area contributed by atoms with Crippen molar-refractivity contribution in [1.82, 2.24) is 0 Å². The molecular formula is C14H14F4O2. The number of rotatable bonds is 1. The van der Waals surface area contributed by atoms with E-state index >= 15 is 0 Å². The average molecular weight is 290 g/mol. The predicted octanol–water partition coefficient (Wildman–Crippen LogP) is 3.37. The summed E-state index contributed by atoms with van der Waals surface area (Å²) in [6.45, 7) is 0. The molecule has 2 bridgehead atoms. The molecule has 6 heteroatoms. The summed E-state index contributed by atoms with van der Waals surface area (Å²) in [5, 5.41) is 10.6. The Morgan fingerprint density at radius 3 is 2.25 bits per heavy atom. The van der Waals surface area contributed by atoms with Crippen molar-refractivity contribution in [2.24, 2.45) is 0 Å². The van der Waals surface area contributed by atoms with Gasteiger partial charge in [0.15, 0.2) is 0 Å². The first kappa shape index (κ1) is 13.8. The van der Waals surface area contributed by atoms with Gasteiger partial charge in [0, 0.05) is 12.8 Å². The number of fused-ring (bicyclic) bond motifs is 2. The molecule has 0 aliphatic carbocycles. The molecule has 2 atom stereocenters. The summed E-state index contributed by atoms with van der Waals surface area (Å²) in [7, 11) is 0. The van der Waals surface area contributed by atoms with E-state index in [0.717, 1.165) is 25.0 Å². The number of ether oxygens (including phenoxy) is 1. The molecule has 0 amide bonds. The maximum atomic E-state index is 13.5. The fourth-order valence-electron chi connectivity index (χ4n) is 3.17. The zero-order valence-corrected chi connectivity index (χ0v) is 10.6. The average Bonchev–Trinajstić information content (AvgIpc) is 2.67. The minimum absolute atomic E-state index is 0.00924. The summed E-state index contributed by atoms with van der Waals surface area (Å²) >= 11 is 0. The number of halogens is 4. The second kappa shape index (κ2) is 4.43. The van der Waals surface area contributed by atoms with Crippen LogP contribution in [0.25, 0.3) is 0 Å². The summed E-state index contributed by atoms with van der Waals surface area (Å²) in [4.78, 5) is 0. The van der Waals surface area contributed by atoms with Gasteiger partial charge in [-0.15, -0.1) is 0 Å². The van der Waals surface area contributed by atoms with Gasteiger partial charge in [0.2, 0.25) is 0 Å². The molecule has 1 aromatic carbocycles. The molecule has 3 rings (SSSR count). The lowest BCUT2D eigenvalue weighted by molar-refractivity contribution is -0.138. The molecule has 0 radical (unpaired) electrons. The fourth-order valence-corrected chi connectivity index (χ4v) is 3.17. The predicted molar refractivity (Wildman–Crippen MR) is 62.4 cm³/mol. The molecule has 0 spiro atoms. The van der Waals surface area contributed by atoms with E-state index in [0.29, 0.717) is 6.07 Å². The number of aliphatic hydroxyl groups is 1. The van der Waals surface area contributed by atoms with Crippen LogP contribution < -0.4 is 0 Å². The van der Waals surface area contributed by atoms with Crippen molar-refractivity contribution in [2.45, 2.75) is 49.7 Å². The molecule has 0 aromatic heterocycles. The second-order valence-electron chi connectivity index (χ2n) is 5.62. The van der Waals surface area contributed by atoms with Crippen molar-refractivity contribution in [1.29, 1.82) is 0 Å². The standard InChI is InChI=1S/C14H14F4O2/c15-10-4-8(3-9(5-10)14(16,17)18)13(19)6-11-1-2-12(7-13)20-11/h3-5,11-12,19H,1-2,6-7H2. The van der Waals surface area contributed by atoms with Crippen LogP contribution in [0.4, 0.5) is 17.6 Å². The normalized spacial score (nSPS) is 33.5. The van der Waals surface area contributed by atoms with Gasteiger partial charge in [-0.3, -0.25) is 0 Å². The molecular weight excluding hydrogens is 276 g/mol. The van der Waals surface area contributed by atoms with Crippen LogP contribution in [0.15, 0.2) is 18.2 Å². The molecule has 2 fully saturated rings. The van der Waals surface area contributed by atoms with Crippen LogP contribution >= 0.6 is 0 Å². The van der Waals surface area contributed by atoms with Crippen molar-refractivity contribution in [2.75, 3.05) is 0 Å². The number of benzene rings is 1. The van der Waals surface area contributed by atoms with Gasteiger partial charge in [0.05, 0.1) is 23.4 Å². The Hall–Kier alpha value is -1.14. The quantitative estimate of drug-likeness (QED) is 0.804. The van der Waals surface area contributed by atoms with E-state index in [1.165, 1.54) is 0 Å². The molecule has 1 N–H and O–H groups in total. The highest BCUT2D eigenvalue weighted by Gasteiger charge is 2.45. The summed E-state index contributed by atoms with van der Waals surface area (Å²) in [5.74, 6) is -0.984. The Labute approximate surface area is 113 Å². The van der Waals surface area contributed by atoms with Crippen molar-refractivity contribution >= 4 is 0 Å². The van der Waals surface area contributed by atoms with Crippen LogP contribution in [0, 0.1) is 5.82 Å². The van der Waals surface area contributed by atoms with Crippen molar-refractivity contribution in [3.8, 4) is 0 Å². The Balaban J connectivity index is 1.99. The first-order chi connectivity index (χ1) is 9.26. The highest BCUT2D eigenvalue weighted by molar-refractivity contribution is 5.32. The van der Waals surface area contributed by atoms with Gasteiger partial charge in [0.1, 0.15) is 5.82 Å². The summed E-state index contributed by atoms with van der Waals surface area (Å²) in [5.41, 5.74) is -2.52. The van der Waals surface area contributed by atoms with Crippen LogP contribution in [0.3, 0.4) is 0 Å². The van der Waals surface area contributed by atoms with E-state index in [4.69, 9.17) is 4.74 Å². The van der Waals surface area contributed by atoms with Crippen LogP contribution in [0.2, 0.25) is 0 Å². The minimum Gasteiger partial charge on any atom is -0.385 e. The lowest BCUT2D eigenvalue weighted by atomic mass is 9.83. The second-order valence-corrected chi connectivity index (χ2v) is 5.62. The van der Waals surface area contributed by atoms with Gasteiger partial charge in [-0.1, -0.05) is 0 Å². The zero-order valence-electron chi connectivity index (χ0n) is 10.6. The smallest absolute Gasteiger partial charge is 0.385 e. The molecule has 2 saturated heterocycles. The molecule has 1 aromatic rings. The molecule has 2 nitrogen and oxygen atoms in total. The minimum atomic E-state index is -4.63. The molecule has 2 aliphatic heterocycles. The third-order valence-electron chi connectivity index (χ3n) is 4.09. The zero-order chi connectivity index (χ0) is 14.5. The molecule has 20 heavy (non-hydrogen) atoms. The van der Waals surface area contributed by atoms with E-state index in [-0.39, 0.29) is 30.6 Å². The molecule has 2 heterocycles. The van der Waals surface area contributed by atoms with Gasteiger partial charge in [-0.2, -0.15) is 13.2 Å². The summed E-state index contributed by atoms with van der Waals surface area (Å²) in [6, 6.07) is 2.27. The SMILES string of the molecule is OC1(c2cc(F)cc(C(F)(F)F)c2)CC2CCC(C1)O2. The molecule has 110 valence electrons. The van der Waals surface area contributed by atoms with E-state index in [1.54, 1.807) is 0 Å². The summed E-state index contributed by atoms with van der Waals surface area (Å²) < 4.78 is 57.2. The third kappa shape index (κ3) is 2.42. The van der Waals surface area contributed by atoms with E-state index in [1.807, 2.05) is 0 Å². The maximum absolute atomic E-state index is 13.5. The van der Waals surface area contributed by atoms with Gasteiger partial charge >= 0.3 is 6.18 Å². The van der Waals surface area contributed by atoms with Crippen molar-refractivity contribution in [3.63, 3.8) is 0 Å². The van der Waals surface area contributed by atoms with E-state index in [9.17, 15) is 22.7 Å². The lowest BCUT2D eigenvalue weighted by Gasteiger charge is -2.37. The topological polar surface area (TPSA) is 29.5 Å². The number of hydrogen-bond acceptors (Lipinski definition) is 2. The third-order valence-corrected chi connectivity index (χ3v) is 4.09. The summed E-state index contributed by atoms with van der Waals surface area (Å²) in [6.07, 6.45) is -2.94. The largest absolute Gasteiger partial charge is 0.416 e. The van der Waals surface area contributed by atoms with Crippen LogP contribution in [-0.4, -0.2) is 17.3 Å². The van der Waals surface area contributed by atoms with Gasteiger partial charge in [-0.05, 0) is 36.6 Å². The molecule has 0 saturated carbocycles. The Morgan fingerprint density at radius 2 is 1.70 bits per heavy atom. The van der Waals surface area contributed by atoms with Crippen LogP contribution in [0.5, 0.6) is 0 Å². The van der Waals surface area contributed by atoms with Crippen molar-refractivity contribution < 1.29 is 27.4 Å².